The molecule has 9 heteroatoms. The van der Waals surface area contributed by atoms with Crippen molar-refractivity contribution in [3.63, 3.8) is 0 Å². The topological polar surface area (TPSA) is 98.0 Å². The van der Waals surface area contributed by atoms with Gasteiger partial charge in [0.15, 0.2) is 17.3 Å². The van der Waals surface area contributed by atoms with Gasteiger partial charge in [0.25, 0.3) is 0 Å². The minimum Gasteiger partial charge on any atom is -0.493 e. The first-order valence-corrected chi connectivity index (χ1v) is 11.1. The van der Waals surface area contributed by atoms with Crippen molar-refractivity contribution in [2.75, 3.05) is 38.8 Å². The molecule has 9 nitrogen and oxygen atoms in total. The van der Waals surface area contributed by atoms with E-state index in [9.17, 15) is 9.59 Å². The van der Waals surface area contributed by atoms with Gasteiger partial charge >= 0.3 is 0 Å². The highest BCUT2D eigenvalue weighted by molar-refractivity contribution is 6.00. The fourth-order valence-corrected chi connectivity index (χ4v) is 4.38. The number of benzene rings is 1. The monoisotopic (exact) mass is 442 g/mol. The van der Waals surface area contributed by atoms with Gasteiger partial charge in [-0.2, -0.15) is 4.98 Å². The van der Waals surface area contributed by atoms with Gasteiger partial charge in [0, 0.05) is 49.6 Å². The lowest BCUT2D eigenvalue weighted by Crippen LogP contribution is -2.42. The predicted octanol–water partition coefficient (Wildman–Crippen LogP) is 2.97. The van der Waals surface area contributed by atoms with Crippen LogP contribution in [-0.2, 0) is 9.59 Å². The lowest BCUT2D eigenvalue weighted by Gasteiger charge is -2.32. The number of piperidine rings is 1. The maximum atomic E-state index is 13.1. The quantitative estimate of drug-likeness (QED) is 0.678. The number of amides is 2. The third-order valence-electron chi connectivity index (χ3n) is 6.28. The molecule has 0 saturated carbocycles. The van der Waals surface area contributed by atoms with Crippen LogP contribution in [0.4, 0.5) is 5.69 Å². The molecule has 1 aromatic carbocycles. The van der Waals surface area contributed by atoms with Crippen LogP contribution in [0.1, 0.15) is 56.7 Å². The fraction of sp³-hybridized carbons (Fsp3) is 0.565. The third kappa shape index (κ3) is 4.28. The molecule has 32 heavy (non-hydrogen) atoms. The van der Waals surface area contributed by atoms with Crippen molar-refractivity contribution in [1.29, 1.82) is 0 Å². The van der Waals surface area contributed by atoms with E-state index < -0.39 is 0 Å². The zero-order valence-electron chi connectivity index (χ0n) is 19.0. The Morgan fingerprint density at radius 3 is 2.50 bits per heavy atom. The van der Waals surface area contributed by atoms with Crippen LogP contribution in [0.25, 0.3) is 0 Å². The summed E-state index contributed by atoms with van der Waals surface area (Å²) in [7, 11) is 3.12. The molecule has 2 amide bonds. The summed E-state index contributed by atoms with van der Waals surface area (Å²) in [6, 6.07) is 5.35. The number of ether oxygens (including phenoxy) is 2. The molecule has 2 saturated heterocycles. The zero-order valence-corrected chi connectivity index (χ0v) is 19.0. The van der Waals surface area contributed by atoms with Gasteiger partial charge in [0.1, 0.15) is 0 Å². The Hall–Kier alpha value is -3.10. The van der Waals surface area contributed by atoms with Crippen molar-refractivity contribution in [1.82, 2.24) is 15.0 Å². The van der Waals surface area contributed by atoms with Gasteiger partial charge in [-0.05, 0) is 25.0 Å². The Morgan fingerprint density at radius 2 is 1.88 bits per heavy atom. The molecule has 0 bridgehead atoms. The molecule has 172 valence electrons. The molecule has 1 aromatic heterocycles. The minimum absolute atomic E-state index is 0.0377. The molecule has 1 atom stereocenters. The number of carbonyl (C=O) groups excluding carboxylic acids is 2. The van der Waals surface area contributed by atoms with Gasteiger partial charge < -0.3 is 23.8 Å². The van der Waals surface area contributed by atoms with Crippen LogP contribution in [0.5, 0.6) is 11.5 Å². The van der Waals surface area contributed by atoms with Crippen LogP contribution in [-0.4, -0.2) is 60.7 Å². The molecule has 0 aliphatic carbocycles. The Bertz CT molecular complexity index is 981. The van der Waals surface area contributed by atoms with Crippen molar-refractivity contribution in [3.05, 3.63) is 29.9 Å². The zero-order chi connectivity index (χ0) is 22.8. The Balaban J connectivity index is 1.37. The number of carbonyl (C=O) groups is 2. The van der Waals surface area contributed by atoms with Crippen LogP contribution < -0.4 is 14.4 Å². The van der Waals surface area contributed by atoms with Gasteiger partial charge in [0.05, 0.1) is 20.1 Å². The number of hydrogen-bond acceptors (Lipinski definition) is 7. The van der Waals surface area contributed by atoms with Crippen LogP contribution in [0, 0.1) is 5.92 Å². The molecule has 2 aliphatic heterocycles. The summed E-state index contributed by atoms with van der Waals surface area (Å²) < 4.78 is 15.9. The SMILES string of the molecule is COc1ccc(N2C[C@H](C(=O)N3CCC(c4noc(C(C)C)n4)CC3)CC2=O)cc1OC. The van der Waals surface area contributed by atoms with Crippen molar-refractivity contribution in [3.8, 4) is 11.5 Å². The highest BCUT2D eigenvalue weighted by Crippen LogP contribution is 2.35. The normalized spacial score (nSPS) is 19.7. The first-order chi connectivity index (χ1) is 15.4. The number of aromatic nitrogens is 2. The van der Waals surface area contributed by atoms with E-state index in [-0.39, 0.29) is 36.0 Å². The average molecular weight is 443 g/mol. The maximum Gasteiger partial charge on any atom is 0.229 e. The van der Waals surface area contributed by atoms with E-state index in [1.54, 1.807) is 31.3 Å². The van der Waals surface area contributed by atoms with Crippen LogP contribution in [0.2, 0.25) is 0 Å². The molecule has 0 spiro atoms. The molecule has 0 N–H and O–H groups in total. The molecule has 0 radical (unpaired) electrons. The van der Waals surface area contributed by atoms with Gasteiger partial charge in [-0.1, -0.05) is 19.0 Å². The Kier molecular flexibility index (Phi) is 6.34. The highest BCUT2D eigenvalue weighted by Gasteiger charge is 2.38. The van der Waals surface area contributed by atoms with Gasteiger partial charge in [0.2, 0.25) is 17.7 Å². The lowest BCUT2D eigenvalue weighted by atomic mass is 9.95. The molecular weight excluding hydrogens is 412 g/mol. The third-order valence-corrected chi connectivity index (χ3v) is 6.28. The van der Waals surface area contributed by atoms with Crippen LogP contribution in [0.15, 0.2) is 22.7 Å². The number of anilines is 1. The second-order valence-electron chi connectivity index (χ2n) is 8.69. The van der Waals surface area contributed by atoms with Gasteiger partial charge in [-0.3, -0.25) is 9.59 Å². The highest BCUT2D eigenvalue weighted by atomic mass is 16.5. The summed E-state index contributed by atoms with van der Waals surface area (Å²) in [6.45, 7) is 5.68. The number of nitrogens with zero attached hydrogens (tertiary/aromatic N) is 4. The first-order valence-electron chi connectivity index (χ1n) is 11.1. The van der Waals surface area contributed by atoms with Crippen LogP contribution in [0.3, 0.4) is 0 Å². The molecular formula is C23H30N4O5. The molecule has 2 aromatic rings. The molecule has 2 aliphatic rings. The predicted molar refractivity (Wildman–Crippen MR) is 117 cm³/mol. The summed E-state index contributed by atoms with van der Waals surface area (Å²) in [5.41, 5.74) is 0.708. The van der Waals surface area contributed by atoms with Crippen LogP contribution >= 0.6 is 0 Å². The summed E-state index contributed by atoms with van der Waals surface area (Å²) in [4.78, 5) is 33.8. The second-order valence-corrected chi connectivity index (χ2v) is 8.69. The van der Waals surface area contributed by atoms with E-state index in [4.69, 9.17) is 14.0 Å². The molecule has 2 fully saturated rings. The number of likely N-dealkylation sites (tertiary alicyclic amines) is 1. The average Bonchev–Trinajstić information content (AvgIpc) is 3.46. The van der Waals surface area contributed by atoms with Gasteiger partial charge in [-0.15, -0.1) is 0 Å². The molecule has 4 rings (SSSR count). The standard InChI is InChI=1S/C23H30N4O5/c1-14(2)22-24-21(25-32-22)15-7-9-26(10-8-15)23(29)16-11-20(28)27(13-16)17-5-6-18(30-3)19(12-17)31-4/h5-6,12,14-16H,7-11,13H2,1-4H3/t16-/m1/s1. The van der Waals surface area contributed by atoms with Crippen molar-refractivity contribution < 1.29 is 23.6 Å². The van der Waals surface area contributed by atoms with E-state index in [0.29, 0.717) is 42.7 Å². The Morgan fingerprint density at radius 1 is 1.16 bits per heavy atom. The largest absolute Gasteiger partial charge is 0.493 e. The summed E-state index contributed by atoms with van der Waals surface area (Å²) in [6.07, 6.45) is 1.81. The Labute approximate surface area is 187 Å². The van der Waals surface area contributed by atoms with Gasteiger partial charge in [-0.25, -0.2) is 0 Å². The van der Waals surface area contributed by atoms with E-state index >= 15 is 0 Å². The molecule has 3 heterocycles. The summed E-state index contributed by atoms with van der Waals surface area (Å²) >= 11 is 0. The minimum atomic E-state index is -0.343. The van der Waals surface area contributed by atoms with E-state index in [1.807, 2.05) is 24.8 Å². The summed E-state index contributed by atoms with van der Waals surface area (Å²) in [5.74, 6) is 2.57. The maximum absolute atomic E-state index is 13.1. The van der Waals surface area contributed by atoms with Crippen molar-refractivity contribution in [2.24, 2.45) is 5.92 Å². The van der Waals surface area contributed by atoms with Crippen molar-refractivity contribution >= 4 is 17.5 Å². The smallest absolute Gasteiger partial charge is 0.229 e. The van der Waals surface area contributed by atoms with Crippen molar-refractivity contribution in [2.45, 2.75) is 44.9 Å². The number of methoxy groups -OCH3 is 2. The number of hydrogen-bond donors (Lipinski definition) is 0. The number of rotatable bonds is 6. The summed E-state index contributed by atoms with van der Waals surface area (Å²) in [5, 5.41) is 4.13. The van der Waals surface area contributed by atoms with E-state index in [0.717, 1.165) is 18.7 Å². The van der Waals surface area contributed by atoms with E-state index in [2.05, 4.69) is 10.1 Å². The first kappa shape index (κ1) is 22.1. The lowest BCUT2D eigenvalue weighted by molar-refractivity contribution is -0.136. The fourth-order valence-electron chi connectivity index (χ4n) is 4.38. The molecule has 0 unspecified atom stereocenters. The second kappa shape index (κ2) is 9.18. The van der Waals surface area contributed by atoms with E-state index in [1.165, 1.54) is 0 Å².